The molecule has 1 aromatic rings. The monoisotopic (exact) mass is 257 g/mol. The van der Waals surface area contributed by atoms with E-state index in [2.05, 4.69) is 10.3 Å². The Morgan fingerprint density at radius 2 is 2.18 bits per heavy atom. The molecule has 1 unspecified atom stereocenters. The van der Waals surface area contributed by atoms with E-state index in [1.807, 2.05) is 20.8 Å². The van der Waals surface area contributed by atoms with Gasteiger partial charge in [-0.2, -0.15) is 0 Å². The van der Waals surface area contributed by atoms with Gasteiger partial charge < -0.3 is 9.88 Å². The molecule has 94 valence electrons. The smallest absolute Gasteiger partial charge is 0.288 e. The Balaban J connectivity index is 2.69. The molecule has 6 heteroatoms. The molecule has 0 fully saturated rings. The Kier molecular flexibility index (Phi) is 4.69. The van der Waals surface area contributed by atoms with E-state index in [-0.39, 0.29) is 23.6 Å². The van der Waals surface area contributed by atoms with E-state index in [9.17, 15) is 9.59 Å². The number of nitrogens with one attached hydrogen (secondary N) is 1. The summed E-state index contributed by atoms with van der Waals surface area (Å²) in [5.41, 5.74) is -0.457. The molecule has 0 saturated carbocycles. The number of amides is 1. The molecule has 17 heavy (non-hydrogen) atoms. The van der Waals surface area contributed by atoms with Crippen molar-refractivity contribution in [2.75, 3.05) is 0 Å². The van der Waals surface area contributed by atoms with E-state index in [4.69, 9.17) is 11.6 Å². The van der Waals surface area contributed by atoms with Gasteiger partial charge in [-0.05, 0) is 12.8 Å². The summed E-state index contributed by atoms with van der Waals surface area (Å²) in [4.78, 5) is 26.8. The highest BCUT2D eigenvalue weighted by molar-refractivity contribution is 6.29. The quantitative estimate of drug-likeness (QED) is 0.877. The summed E-state index contributed by atoms with van der Waals surface area (Å²) < 4.78 is 1.23. The topological polar surface area (TPSA) is 64.0 Å². The van der Waals surface area contributed by atoms with Gasteiger partial charge in [-0.25, -0.2) is 4.98 Å². The maximum Gasteiger partial charge on any atom is 0.288 e. The zero-order chi connectivity index (χ0) is 13.0. The van der Waals surface area contributed by atoms with Gasteiger partial charge in [0.25, 0.3) is 5.56 Å². The van der Waals surface area contributed by atoms with Crippen LogP contribution in [0.3, 0.4) is 0 Å². The fourth-order valence-corrected chi connectivity index (χ4v) is 1.33. The number of aromatic nitrogens is 2. The maximum absolute atomic E-state index is 11.7. The van der Waals surface area contributed by atoms with Gasteiger partial charge in [0.15, 0.2) is 5.15 Å². The maximum atomic E-state index is 11.7. The lowest BCUT2D eigenvalue weighted by Gasteiger charge is -2.17. The van der Waals surface area contributed by atoms with Crippen LogP contribution in [0.1, 0.15) is 20.8 Å². The fourth-order valence-electron chi connectivity index (χ4n) is 1.17. The number of hydrogen-bond donors (Lipinski definition) is 1. The molecule has 1 amide bonds. The lowest BCUT2D eigenvalue weighted by atomic mass is 10.1. The zero-order valence-electron chi connectivity index (χ0n) is 10.1. The van der Waals surface area contributed by atoms with Crippen molar-refractivity contribution in [3.05, 3.63) is 27.9 Å². The van der Waals surface area contributed by atoms with Crippen molar-refractivity contribution in [1.29, 1.82) is 0 Å². The van der Waals surface area contributed by atoms with Crippen molar-refractivity contribution in [1.82, 2.24) is 14.9 Å². The van der Waals surface area contributed by atoms with Crippen LogP contribution >= 0.6 is 11.6 Å². The van der Waals surface area contributed by atoms with E-state index >= 15 is 0 Å². The Morgan fingerprint density at radius 1 is 1.53 bits per heavy atom. The van der Waals surface area contributed by atoms with Crippen LogP contribution in [-0.4, -0.2) is 21.5 Å². The fraction of sp³-hybridized carbons (Fsp3) is 0.545. The summed E-state index contributed by atoms with van der Waals surface area (Å²) in [6.45, 7) is 5.91. The summed E-state index contributed by atoms with van der Waals surface area (Å²) in [5, 5.41) is 2.68. The molecule has 5 nitrogen and oxygen atoms in total. The summed E-state index contributed by atoms with van der Waals surface area (Å²) in [5.74, 6) is 0.132. The Morgan fingerprint density at radius 3 is 2.76 bits per heavy atom. The summed E-state index contributed by atoms with van der Waals surface area (Å²) >= 11 is 5.58. The first kappa shape index (κ1) is 13.7. The summed E-state index contributed by atoms with van der Waals surface area (Å²) in [6, 6.07) is 0.0653. The molecule has 0 radical (unpaired) electrons. The lowest BCUT2D eigenvalue weighted by molar-refractivity contribution is -0.122. The minimum absolute atomic E-state index is 0.0435. The predicted molar refractivity (Wildman–Crippen MR) is 65.9 cm³/mol. The van der Waals surface area contributed by atoms with Crippen molar-refractivity contribution in [3.63, 3.8) is 0 Å². The minimum Gasteiger partial charge on any atom is -0.352 e. The summed E-state index contributed by atoms with van der Waals surface area (Å²) in [6.07, 6.45) is 2.83. The second-order valence-corrected chi connectivity index (χ2v) is 4.61. The van der Waals surface area contributed by atoms with Crippen LogP contribution in [0.4, 0.5) is 0 Å². The third-order valence-electron chi connectivity index (χ3n) is 2.57. The average Bonchev–Trinajstić information content (AvgIpc) is 2.24. The highest BCUT2D eigenvalue weighted by Crippen LogP contribution is 1.99. The number of carbonyl (C=O) groups excluding carboxylic acids is 1. The first-order valence-corrected chi connectivity index (χ1v) is 5.80. The van der Waals surface area contributed by atoms with E-state index in [0.717, 1.165) is 0 Å². The van der Waals surface area contributed by atoms with Gasteiger partial charge in [-0.15, -0.1) is 0 Å². The van der Waals surface area contributed by atoms with Gasteiger partial charge in [-0.1, -0.05) is 25.4 Å². The van der Waals surface area contributed by atoms with Crippen molar-refractivity contribution in [3.8, 4) is 0 Å². The van der Waals surface area contributed by atoms with E-state index < -0.39 is 5.56 Å². The normalized spacial score (nSPS) is 12.5. The van der Waals surface area contributed by atoms with Crippen LogP contribution in [-0.2, 0) is 11.3 Å². The molecular weight excluding hydrogens is 242 g/mol. The lowest BCUT2D eigenvalue weighted by Crippen LogP contribution is -2.39. The van der Waals surface area contributed by atoms with E-state index in [0.29, 0.717) is 5.92 Å². The molecule has 0 aliphatic carbocycles. The van der Waals surface area contributed by atoms with Gasteiger partial charge in [0, 0.05) is 18.4 Å². The highest BCUT2D eigenvalue weighted by Gasteiger charge is 2.12. The Hall–Kier alpha value is -1.36. The molecule has 1 N–H and O–H groups in total. The largest absolute Gasteiger partial charge is 0.352 e. The van der Waals surface area contributed by atoms with Crippen LogP contribution in [0.15, 0.2) is 17.2 Å². The van der Waals surface area contributed by atoms with Crippen LogP contribution < -0.4 is 10.9 Å². The van der Waals surface area contributed by atoms with Crippen LogP contribution in [0.25, 0.3) is 0 Å². The average molecular weight is 258 g/mol. The molecular formula is C11H16ClN3O2. The van der Waals surface area contributed by atoms with E-state index in [1.165, 1.54) is 17.0 Å². The molecule has 0 aliphatic heterocycles. The predicted octanol–water partition coefficient (Wildman–Crippen LogP) is 1.06. The molecule has 0 aliphatic rings. The van der Waals surface area contributed by atoms with Crippen molar-refractivity contribution < 1.29 is 4.79 Å². The van der Waals surface area contributed by atoms with Crippen molar-refractivity contribution >= 4 is 17.5 Å². The molecule has 1 rings (SSSR count). The van der Waals surface area contributed by atoms with Crippen LogP contribution in [0.2, 0.25) is 5.15 Å². The van der Waals surface area contributed by atoms with Gasteiger partial charge in [-0.3, -0.25) is 9.59 Å². The standard InChI is InChI=1S/C11H16ClN3O2/c1-7(2)8(3)14-9(16)6-15-5-4-13-10(12)11(15)17/h4-5,7-8H,6H2,1-3H3,(H,14,16). The first-order chi connectivity index (χ1) is 7.91. The highest BCUT2D eigenvalue weighted by atomic mass is 35.5. The van der Waals surface area contributed by atoms with Crippen LogP contribution in [0, 0.1) is 5.92 Å². The number of rotatable bonds is 4. The van der Waals surface area contributed by atoms with Gasteiger partial charge in [0.1, 0.15) is 6.54 Å². The second-order valence-electron chi connectivity index (χ2n) is 4.25. The number of nitrogens with zero attached hydrogens (tertiary/aromatic N) is 2. The first-order valence-electron chi connectivity index (χ1n) is 5.42. The van der Waals surface area contributed by atoms with E-state index in [1.54, 1.807) is 0 Å². The SMILES string of the molecule is CC(C)C(C)NC(=O)Cn1ccnc(Cl)c1=O. The number of carbonyl (C=O) groups is 1. The summed E-state index contributed by atoms with van der Waals surface area (Å²) in [7, 11) is 0. The molecule has 1 heterocycles. The zero-order valence-corrected chi connectivity index (χ0v) is 10.9. The third-order valence-corrected chi connectivity index (χ3v) is 2.83. The van der Waals surface area contributed by atoms with Gasteiger partial charge in [0.05, 0.1) is 0 Å². The van der Waals surface area contributed by atoms with Crippen molar-refractivity contribution in [2.24, 2.45) is 5.92 Å². The van der Waals surface area contributed by atoms with Gasteiger partial charge in [0.2, 0.25) is 5.91 Å². The molecule has 0 saturated heterocycles. The molecule has 0 aromatic carbocycles. The molecule has 0 bridgehead atoms. The third kappa shape index (κ3) is 3.85. The molecule has 1 aromatic heterocycles. The second kappa shape index (κ2) is 5.82. The molecule has 0 spiro atoms. The minimum atomic E-state index is -0.457. The number of hydrogen-bond acceptors (Lipinski definition) is 3. The van der Waals surface area contributed by atoms with Crippen LogP contribution in [0.5, 0.6) is 0 Å². The van der Waals surface area contributed by atoms with Crippen molar-refractivity contribution in [2.45, 2.75) is 33.4 Å². The Labute approximate surface area is 105 Å². The number of halogens is 1. The van der Waals surface area contributed by atoms with Gasteiger partial charge >= 0.3 is 0 Å². The molecule has 1 atom stereocenters. The Bertz CT molecular complexity index is 456.